The Balaban J connectivity index is 1.60. The lowest BCUT2D eigenvalue weighted by Crippen LogP contribution is -2.23. The molecule has 0 aliphatic carbocycles. The average Bonchev–Trinajstić information content (AvgIpc) is 2.95. The summed E-state index contributed by atoms with van der Waals surface area (Å²) in [6.07, 6.45) is 0.765. The molecule has 3 aromatic rings. The fourth-order valence-electron chi connectivity index (χ4n) is 3.04. The van der Waals surface area contributed by atoms with Crippen LogP contribution >= 0.6 is 11.6 Å². The van der Waals surface area contributed by atoms with Gasteiger partial charge in [0.2, 0.25) is 0 Å². The third kappa shape index (κ3) is 3.41. The maximum atomic E-state index is 12.6. The maximum Gasteiger partial charge on any atom is 0.359 e. The van der Waals surface area contributed by atoms with Gasteiger partial charge in [0.05, 0.1) is 23.6 Å². The second-order valence-corrected chi connectivity index (χ2v) is 6.76. The first kappa shape index (κ1) is 18.3. The highest BCUT2D eigenvalue weighted by molar-refractivity contribution is 6.32. The van der Waals surface area contributed by atoms with Crippen molar-refractivity contribution < 1.29 is 19.0 Å². The normalized spacial score (nSPS) is 13.2. The molecular weight excluding hydrogens is 384 g/mol. The molecule has 0 bridgehead atoms. The minimum atomic E-state index is -0.630. The minimum Gasteiger partial charge on any atom is -0.489 e. The van der Waals surface area contributed by atoms with Crippen molar-refractivity contribution in [3.05, 3.63) is 63.0 Å². The van der Waals surface area contributed by atoms with Crippen molar-refractivity contribution >= 4 is 28.3 Å². The number of carbonyl (C=O) groups excluding carboxylic acids is 1. The van der Waals surface area contributed by atoms with Crippen LogP contribution in [0.5, 0.6) is 11.5 Å². The zero-order valence-electron chi connectivity index (χ0n) is 15.1. The molecule has 0 saturated heterocycles. The van der Waals surface area contributed by atoms with E-state index in [1.54, 1.807) is 36.4 Å². The SMILES string of the molecule is Cn1nc(C(=O)OCc2cc(Cl)c3c(c2)OCCCO3)c2ccccc2c1=O. The van der Waals surface area contributed by atoms with Crippen molar-refractivity contribution in [2.45, 2.75) is 13.0 Å². The number of rotatable bonds is 3. The molecule has 2 aromatic carbocycles. The number of fused-ring (bicyclic) bond motifs is 2. The summed E-state index contributed by atoms with van der Waals surface area (Å²) in [6.45, 7) is 1.04. The number of aromatic nitrogens is 2. The fraction of sp³-hybridized carbons (Fsp3) is 0.250. The van der Waals surface area contributed by atoms with Gasteiger partial charge in [0.1, 0.15) is 6.61 Å². The molecule has 1 aliphatic heterocycles. The number of aryl methyl sites for hydroxylation is 1. The van der Waals surface area contributed by atoms with Gasteiger partial charge in [0.15, 0.2) is 17.2 Å². The Hall–Kier alpha value is -3.06. The summed E-state index contributed by atoms with van der Waals surface area (Å²) < 4.78 is 17.8. The van der Waals surface area contributed by atoms with E-state index >= 15 is 0 Å². The van der Waals surface area contributed by atoms with Gasteiger partial charge in [-0.1, -0.05) is 29.8 Å². The predicted molar refractivity (Wildman–Crippen MR) is 103 cm³/mol. The van der Waals surface area contributed by atoms with Crippen LogP contribution in [0.4, 0.5) is 0 Å². The highest BCUT2D eigenvalue weighted by atomic mass is 35.5. The molecule has 1 aromatic heterocycles. The Morgan fingerprint density at radius 3 is 2.79 bits per heavy atom. The van der Waals surface area contributed by atoms with E-state index in [0.29, 0.717) is 46.1 Å². The van der Waals surface area contributed by atoms with Crippen molar-refractivity contribution in [3.8, 4) is 11.5 Å². The van der Waals surface area contributed by atoms with Crippen LogP contribution in [-0.4, -0.2) is 29.0 Å². The molecule has 0 saturated carbocycles. The number of esters is 1. The zero-order valence-corrected chi connectivity index (χ0v) is 15.9. The highest BCUT2D eigenvalue weighted by Gasteiger charge is 2.19. The number of hydrogen-bond donors (Lipinski definition) is 0. The lowest BCUT2D eigenvalue weighted by molar-refractivity contribution is 0.0465. The Morgan fingerprint density at radius 2 is 1.96 bits per heavy atom. The van der Waals surface area contributed by atoms with Crippen LogP contribution in [0.2, 0.25) is 5.02 Å². The topological polar surface area (TPSA) is 79.7 Å². The molecule has 4 rings (SSSR count). The van der Waals surface area contributed by atoms with Crippen LogP contribution in [-0.2, 0) is 18.4 Å². The summed E-state index contributed by atoms with van der Waals surface area (Å²) in [6, 6.07) is 10.2. The van der Waals surface area contributed by atoms with E-state index in [4.69, 9.17) is 25.8 Å². The van der Waals surface area contributed by atoms with E-state index in [9.17, 15) is 9.59 Å². The molecule has 28 heavy (non-hydrogen) atoms. The Labute approximate surface area is 165 Å². The van der Waals surface area contributed by atoms with Gasteiger partial charge in [-0.15, -0.1) is 0 Å². The van der Waals surface area contributed by atoms with Crippen LogP contribution in [0, 0.1) is 0 Å². The van der Waals surface area contributed by atoms with E-state index in [1.165, 1.54) is 7.05 Å². The second-order valence-electron chi connectivity index (χ2n) is 6.35. The van der Waals surface area contributed by atoms with Gasteiger partial charge in [-0.2, -0.15) is 5.10 Å². The van der Waals surface area contributed by atoms with Crippen LogP contribution in [0.3, 0.4) is 0 Å². The van der Waals surface area contributed by atoms with E-state index in [2.05, 4.69) is 5.10 Å². The van der Waals surface area contributed by atoms with E-state index in [-0.39, 0.29) is 17.9 Å². The van der Waals surface area contributed by atoms with Crippen LogP contribution in [0.1, 0.15) is 22.5 Å². The van der Waals surface area contributed by atoms with Gasteiger partial charge in [0.25, 0.3) is 5.56 Å². The molecular formula is C20H17ClN2O5. The van der Waals surface area contributed by atoms with Gasteiger partial charge in [-0.05, 0) is 23.8 Å². The Kier molecular flexibility index (Phi) is 4.92. The third-order valence-corrected chi connectivity index (χ3v) is 4.66. The maximum absolute atomic E-state index is 12.6. The highest BCUT2D eigenvalue weighted by Crippen LogP contribution is 2.38. The first-order chi connectivity index (χ1) is 13.5. The zero-order chi connectivity index (χ0) is 19.7. The summed E-state index contributed by atoms with van der Waals surface area (Å²) in [4.78, 5) is 24.8. The summed E-state index contributed by atoms with van der Waals surface area (Å²) in [5.74, 6) is 0.400. The molecule has 144 valence electrons. The number of hydrogen-bond acceptors (Lipinski definition) is 6. The van der Waals surface area contributed by atoms with E-state index in [0.717, 1.165) is 11.1 Å². The van der Waals surface area contributed by atoms with Crippen molar-refractivity contribution in [1.29, 1.82) is 0 Å². The fourth-order valence-corrected chi connectivity index (χ4v) is 3.32. The molecule has 1 aliphatic rings. The molecule has 0 radical (unpaired) electrons. The van der Waals surface area contributed by atoms with E-state index in [1.807, 2.05) is 0 Å². The molecule has 0 unspecified atom stereocenters. The monoisotopic (exact) mass is 400 g/mol. The standard InChI is InChI=1S/C20H17ClN2O5/c1-23-19(24)14-6-3-2-5-13(14)17(22-23)20(25)28-11-12-9-15(21)18-16(10-12)26-7-4-8-27-18/h2-3,5-6,9-10H,4,7-8,11H2,1H3. The molecule has 0 N–H and O–H groups in total. The predicted octanol–water partition coefficient (Wildman–Crippen LogP) is 3.11. The number of benzene rings is 2. The molecule has 0 amide bonds. The largest absolute Gasteiger partial charge is 0.489 e. The van der Waals surface area contributed by atoms with Gasteiger partial charge in [-0.25, -0.2) is 9.48 Å². The first-order valence-electron chi connectivity index (χ1n) is 8.76. The Morgan fingerprint density at radius 1 is 1.21 bits per heavy atom. The Bertz CT molecular complexity index is 1130. The molecule has 7 nitrogen and oxygen atoms in total. The van der Waals surface area contributed by atoms with Crippen LogP contribution < -0.4 is 15.0 Å². The van der Waals surface area contributed by atoms with Crippen molar-refractivity contribution in [1.82, 2.24) is 9.78 Å². The minimum absolute atomic E-state index is 0.0198. The van der Waals surface area contributed by atoms with Crippen molar-refractivity contribution in [2.24, 2.45) is 7.05 Å². The number of ether oxygens (including phenoxy) is 3. The van der Waals surface area contributed by atoms with Crippen molar-refractivity contribution in [3.63, 3.8) is 0 Å². The number of halogens is 1. The summed E-state index contributed by atoms with van der Waals surface area (Å²) in [7, 11) is 1.50. The lowest BCUT2D eigenvalue weighted by atomic mass is 10.1. The van der Waals surface area contributed by atoms with Gasteiger partial charge in [0, 0.05) is 18.9 Å². The van der Waals surface area contributed by atoms with E-state index < -0.39 is 5.97 Å². The number of carbonyl (C=O) groups is 1. The smallest absolute Gasteiger partial charge is 0.359 e. The summed E-state index contributed by atoms with van der Waals surface area (Å²) in [5.41, 5.74) is 0.469. The van der Waals surface area contributed by atoms with Gasteiger partial charge >= 0.3 is 5.97 Å². The molecule has 0 spiro atoms. The lowest BCUT2D eigenvalue weighted by Gasteiger charge is -2.12. The summed E-state index contributed by atoms with van der Waals surface area (Å²) >= 11 is 6.27. The van der Waals surface area contributed by atoms with Crippen molar-refractivity contribution in [2.75, 3.05) is 13.2 Å². The van der Waals surface area contributed by atoms with Gasteiger partial charge < -0.3 is 14.2 Å². The molecule has 2 heterocycles. The summed E-state index contributed by atoms with van der Waals surface area (Å²) in [5, 5.41) is 5.33. The first-order valence-corrected chi connectivity index (χ1v) is 9.13. The molecule has 8 heteroatoms. The van der Waals surface area contributed by atoms with Gasteiger partial charge in [-0.3, -0.25) is 4.79 Å². The van der Waals surface area contributed by atoms with Crippen LogP contribution in [0.15, 0.2) is 41.2 Å². The molecule has 0 fully saturated rings. The quantitative estimate of drug-likeness (QED) is 0.628. The second kappa shape index (κ2) is 7.52. The number of nitrogens with zero attached hydrogens (tertiary/aromatic N) is 2. The molecule has 0 atom stereocenters. The average molecular weight is 401 g/mol. The van der Waals surface area contributed by atoms with Crippen LogP contribution in [0.25, 0.3) is 10.8 Å². The third-order valence-electron chi connectivity index (χ3n) is 4.38.